The van der Waals surface area contributed by atoms with Crippen LogP contribution in [0.2, 0.25) is 0 Å². The van der Waals surface area contributed by atoms with Gasteiger partial charge in [0.1, 0.15) is 5.82 Å². The Hall–Kier alpha value is -1.10. The summed E-state index contributed by atoms with van der Waals surface area (Å²) in [5.74, 6) is -0.647. The van der Waals surface area contributed by atoms with Gasteiger partial charge in [0.2, 0.25) is 0 Å². The molecule has 0 aromatic heterocycles. The fourth-order valence-electron chi connectivity index (χ4n) is 2.46. The van der Waals surface area contributed by atoms with Crippen LogP contribution < -0.4 is 5.32 Å². The van der Waals surface area contributed by atoms with Crippen LogP contribution >= 0.6 is 0 Å². The number of rotatable bonds is 4. The minimum atomic E-state index is -4.64. The van der Waals surface area contributed by atoms with Gasteiger partial charge in [-0.05, 0) is 37.1 Å². The van der Waals surface area contributed by atoms with Crippen LogP contribution in [0, 0.1) is 11.7 Å². The first kappa shape index (κ1) is 14.3. The fourth-order valence-corrected chi connectivity index (χ4v) is 2.46. The van der Waals surface area contributed by atoms with Crippen molar-refractivity contribution in [1.29, 1.82) is 0 Å². The topological polar surface area (TPSA) is 12.0 Å². The molecule has 19 heavy (non-hydrogen) atoms. The van der Waals surface area contributed by atoms with E-state index >= 15 is 0 Å². The van der Waals surface area contributed by atoms with E-state index in [4.69, 9.17) is 0 Å². The minimum Gasteiger partial charge on any atom is -0.313 e. The van der Waals surface area contributed by atoms with Crippen molar-refractivity contribution >= 4 is 0 Å². The van der Waals surface area contributed by atoms with E-state index in [2.05, 4.69) is 5.32 Å². The van der Waals surface area contributed by atoms with Crippen LogP contribution in [0.1, 0.15) is 42.9 Å². The Balaban J connectivity index is 2.22. The lowest BCUT2D eigenvalue weighted by atomic mass is 9.79. The molecule has 2 rings (SSSR count). The van der Waals surface area contributed by atoms with Crippen LogP contribution in [0.25, 0.3) is 0 Å². The molecule has 1 aliphatic carbocycles. The van der Waals surface area contributed by atoms with E-state index in [9.17, 15) is 17.6 Å². The van der Waals surface area contributed by atoms with Gasteiger partial charge in [-0.15, -0.1) is 0 Å². The van der Waals surface area contributed by atoms with Gasteiger partial charge in [-0.3, -0.25) is 0 Å². The molecular formula is C14H17F4N. The summed E-state index contributed by atoms with van der Waals surface area (Å²) >= 11 is 0. The van der Waals surface area contributed by atoms with E-state index in [0.717, 1.165) is 31.4 Å². The molecule has 0 radical (unpaired) electrons. The van der Waals surface area contributed by atoms with E-state index in [1.807, 2.05) is 0 Å². The summed E-state index contributed by atoms with van der Waals surface area (Å²) in [7, 11) is 1.72. The lowest BCUT2D eigenvalue weighted by molar-refractivity contribution is -0.140. The van der Waals surface area contributed by atoms with Crippen molar-refractivity contribution in [1.82, 2.24) is 5.32 Å². The molecule has 1 unspecified atom stereocenters. The van der Waals surface area contributed by atoms with Crippen LogP contribution in [-0.2, 0) is 6.18 Å². The van der Waals surface area contributed by atoms with Gasteiger partial charge < -0.3 is 5.32 Å². The number of benzene rings is 1. The summed E-state index contributed by atoms with van der Waals surface area (Å²) in [4.78, 5) is 0. The highest BCUT2D eigenvalue weighted by Gasteiger charge is 2.35. The molecule has 0 amide bonds. The van der Waals surface area contributed by atoms with E-state index < -0.39 is 17.6 Å². The van der Waals surface area contributed by atoms with Crippen molar-refractivity contribution in [3.05, 3.63) is 35.1 Å². The fraction of sp³-hybridized carbons (Fsp3) is 0.571. The van der Waals surface area contributed by atoms with Gasteiger partial charge in [-0.25, -0.2) is 4.39 Å². The summed E-state index contributed by atoms with van der Waals surface area (Å²) in [5, 5.41) is 3.03. The van der Waals surface area contributed by atoms with Crippen molar-refractivity contribution in [3.63, 3.8) is 0 Å². The lowest BCUT2D eigenvalue weighted by Gasteiger charge is -2.30. The first-order valence-corrected chi connectivity index (χ1v) is 6.45. The molecule has 1 aromatic carbocycles. The molecule has 106 valence electrons. The smallest absolute Gasteiger partial charge is 0.313 e. The first-order chi connectivity index (χ1) is 8.91. The molecule has 1 atom stereocenters. The largest absolute Gasteiger partial charge is 0.419 e. The molecule has 0 bridgehead atoms. The first-order valence-electron chi connectivity index (χ1n) is 6.45. The van der Waals surface area contributed by atoms with Gasteiger partial charge in [0.05, 0.1) is 5.56 Å². The van der Waals surface area contributed by atoms with Gasteiger partial charge in [0, 0.05) is 6.04 Å². The third-order valence-electron chi connectivity index (χ3n) is 3.84. The Labute approximate surface area is 110 Å². The molecule has 1 fully saturated rings. The van der Waals surface area contributed by atoms with E-state index in [1.165, 1.54) is 12.5 Å². The van der Waals surface area contributed by atoms with Gasteiger partial charge in [-0.1, -0.05) is 25.3 Å². The van der Waals surface area contributed by atoms with Crippen molar-refractivity contribution < 1.29 is 17.6 Å². The Bertz CT molecular complexity index is 438. The van der Waals surface area contributed by atoms with Crippen LogP contribution in [0.5, 0.6) is 0 Å². The second kappa shape index (κ2) is 5.49. The highest BCUT2D eigenvalue weighted by molar-refractivity contribution is 5.29. The molecule has 1 aliphatic rings. The molecule has 1 N–H and O–H groups in total. The van der Waals surface area contributed by atoms with E-state index in [1.54, 1.807) is 7.05 Å². The zero-order valence-electron chi connectivity index (χ0n) is 10.7. The molecule has 0 spiro atoms. The van der Waals surface area contributed by atoms with Gasteiger partial charge in [-0.2, -0.15) is 13.2 Å². The zero-order chi connectivity index (χ0) is 14.0. The van der Waals surface area contributed by atoms with Crippen LogP contribution in [0.3, 0.4) is 0 Å². The summed E-state index contributed by atoms with van der Waals surface area (Å²) in [6.45, 7) is 0. The average Bonchev–Trinajstić information content (AvgIpc) is 2.28. The Kier molecular flexibility index (Phi) is 4.13. The van der Waals surface area contributed by atoms with Crippen molar-refractivity contribution in [2.75, 3.05) is 7.05 Å². The molecular weight excluding hydrogens is 258 g/mol. The Morgan fingerprint density at radius 3 is 2.47 bits per heavy atom. The number of halogens is 4. The maximum absolute atomic E-state index is 13.2. The van der Waals surface area contributed by atoms with Crippen molar-refractivity contribution in [2.45, 2.75) is 37.9 Å². The molecule has 5 heteroatoms. The second-order valence-electron chi connectivity index (χ2n) is 5.11. The Morgan fingerprint density at radius 1 is 1.32 bits per heavy atom. The number of nitrogens with one attached hydrogen (secondary N) is 1. The summed E-state index contributed by atoms with van der Waals surface area (Å²) in [6.07, 6.45) is -0.385. The van der Waals surface area contributed by atoms with Crippen LogP contribution in [-0.4, -0.2) is 7.05 Å². The van der Waals surface area contributed by atoms with Crippen molar-refractivity contribution in [3.8, 4) is 0 Å². The predicted octanol–water partition coefficient (Wildman–Crippen LogP) is 4.30. The SMILES string of the molecule is CNC(CC1CCC1)c1ccc(F)c(C(F)(F)F)c1. The monoisotopic (exact) mass is 275 g/mol. The van der Waals surface area contributed by atoms with Crippen LogP contribution in [0.15, 0.2) is 18.2 Å². The van der Waals surface area contributed by atoms with E-state index in [0.29, 0.717) is 11.5 Å². The highest BCUT2D eigenvalue weighted by atomic mass is 19.4. The minimum absolute atomic E-state index is 0.146. The molecule has 0 aliphatic heterocycles. The standard InChI is InChI=1S/C14H17F4N/c1-19-13(7-9-3-2-4-9)10-5-6-12(15)11(8-10)14(16,17)18/h5-6,8-9,13,19H,2-4,7H2,1H3. The van der Waals surface area contributed by atoms with Gasteiger partial charge >= 0.3 is 6.18 Å². The maximum atomic E-state index is 13.2. The lowest BCUT2D eigenvalue weighted by Crippen LogP contribution is -2.23. The number of alkyl halides is 3. The molecule has 1 saturated carbocycles. The number of hydrogen-bond donors (Lipinski definition) is 1. The summed E-state index contributed by atoms with van der Waals surface area (Å²) in [5.41, 5.74) is -0.679. The molecule has 1 nitrogen and oxygen atoms in total. The maximum Gasteiger partial charge on any atom is 0.419 e. The average molecular weight is 275 g/mol. The zero-order valence-corrected chi connectivity index (χ0v) is 10.7. The molecule has 1 aromatic rings. The molecule has 0 saturated heterocycles. The highest BCUT2D eigenvalue weighted by Crippen LogP contribution is 2.37. The van der Waals surface area contributed by atoms with E-state index in [-0.39, 0.29) is 6.04 Å². The Morgan fingerprint density at radius 2 is 2.00 bits per heavy atom. The normalized spacial score (nSPS) is 18.2. The third-order valence-corrected chi connectivity index (χ3v) is 3.84. The predicted molar refractivity (Wildman–Crippen MR) is 65.2 cm³/mol. The molecule has 0 heterocycles. The third kappa shape index (κ3) is 3.26. The van der Waals surface area contributed by atoms with Crippen molar-refractivity contribution in [2.24, 2.45) is 5.92 Å². The van der Waals surface area contributed by atoms with Gasteiger partial charge in [0.25, 0.3) is 0 Å². The summed E-state index contributed by atoms with van der Waals surface area (Å²) in [6, 6.07) is 3.12. The van der Waals surface area contributed by atoms with Gasteiger partial charge in [0.15, 0.2) is 0 Å². The van der Waals surface area contributed by atoms with Crippen LogP contribution in [0.4, 0.5) is 17.6 Å². The summed E-state index contributed by atoms with van der Waals surface area (Å²) < 4.78 is 51.3. The second-order valence-corrected chi connectivity index (χ2v) is 5.11. The number of hydrogen-bond acceptors (Lipinski definition) is 1. The quantitative estimate of drug-likeness (QED) is 0.808.